The van der Waals surface area contributed by atoms with E-state index in [-0.39, 0.29) is 14.1 Å². The SMILES string of the molecule is C[C@@H](NC(=O)CCC1CC1)c1ccc(F)cc1F.O=c1[nH]c(=O)c2cc(F)ccc2[nH]1.[HH].[HH]. The highest BCUT2D eigenvalue weighted by molar-refractivity contribution is 5.77. The van der Waals surface area contributed by atoms with Gasteiger partial charge in [0, 0.05) is 20.9 Å². The van der Waals surface area contributed by atoms with Gasteiger partial charge in [0.25, 0.3) is 5.56 Å². The van der Waals surface area contributed by atoms with Gasteiger partial charge in [-0.05, 0) is 43.5 Å². The van der Waals surface area contributed by atoms with E-state index in [1.807, 2.05) is 4.98 Å². The van der Waals surface area contributed by atoms with Crippen LogP contribution in [0.5, 0.6) is 0 Å². The smallest absolute Gasteiger partial charge is 0.326 e. The summed E-state index contributed by atoms with van der Waals surface area (Å²) in [6, 6.07) is 6.57. The van der Waals surface area contributed by atoms with Crippen molar-refractivity contribution < 1.29 is 20.8 Å². The lowest BCUT2D eigenvalue weighted by atomic mass is 10.1. The highest BCUT2D eigenvalue weighted by atomic mass is 19.1. The predicted molar refractivity (Wildman–Crippen MR) is 114 cm³/mol. The molecule has 168 valence electrons. The number of halogens is 3. The average Bonchev–Trinajstić information content (AvgIpc) is 3.52. The maximum atomic E-state index is 13.5. The molecule has 0 radical (unpaired) electrons. The zero-order valence-electron chi connectivity index (χ0n) is 16.8. The Morgan fingerprint density at radius 3 is 2.45 bits per heavy atom. The molecule has 1 aliphatic rings. The van der Waals surface area contributed by atoms with Gasteiger partial charge >= 0.3 is 5.69 Å². The number of aromatic amines is 2. The number of carbonyl (C=O) groups excluding carboxylic acids is 1. The van der Waals surface area contributed by atoms with Gasteiger partial charge in [0.05, 0.1) is 16.9 Å². The molecule has 1 heterocycles. The minimum Gasteiger partial charge on any atom is -0.349 e. The highest BCUT2D eigenvalue weighted by Crippen LogP contribution is 2.33. The Balaban J connectivity index is 0.000000324. The quantitative estimate of drug-likeness (QED) is 0.559. The van der Waals surface area contributed by atoms with E-state index >= 15 is 0 Å². The van der Waals surface area contributed by atoms with Crippen molar-refractivity contribution >= 4 is 16.8 Å². The number of fused-ring (bicyclic) bond motifs is 1. The first-order valence-electron chi connectivity index (χ1n) is 9.89. The van der Waals surface area contributed by atoms with Crippen LogP contribution in [0.2, 0.25) is 0 Å². The highest BCUT2D eigenvalue weighted by Gasteiger charge is 2.22. The van der Waals surface area contributed by atoms with Gasteiger partial charge in [-0.15, -0.1) is 0 Å². The second-order valence-corrected chi connectivity index (χ2v) is 7.54. The zero-order valence-corrected chi connectivity index (χ0v) is 16.8. The maximum absolute atomic E-state index is 13.5. The molecule has 0 spiro atoms. The van der Waals surface area contributed by atoms with Crippen LogP contribution >= 0.6 is 0 Å². The summed E-state index contributed by atoms with van der Waals surface area (Å²) in [4.78, 5) is 37.9. The molecule has 31 heavy (non-hydrogen) atoms. The fraction of sp³-hybridized carbons (Fsp3) is 0.318. The molecular weight excluding hydrogens is 411 g/mol. The minimum atomic E-state index is -0.620. The van der Waals surface area contributed by atoms with Gasteiger partial charge in [-0.25, -0.2) is 18.0 Å². The van der Waals surface area contributed by atoms with E-state index in [1.165, 1.54) is 37.1 Å². The number of amides is 1. The maximum Gasteiger partial charge on any atom is 0.326 e. The Bertz CT molecular complexity index is 1210. The fourth-order valence-electron chi connectivity index (χ4n) is 3.12. The third-order valence-electron chi connectivity index (χ3n) is 4.98. The summed E-state index contributed by atoms with van der Waals surface area (Å²) < 4.78 is 38.9. The van der Waals surface area contributed by atoms with Crippen molar-refractivity contribution in [1.29, 1.82) is 0 Å². The van der Waals surface area contributed by atoms with E-state index in [2.05, 4.69) is 10.3 Å². The third-order valence-corrected chi connectivity index (χ3v) is 4.98. The van der Waals surface area contributed by atoms with E-state index in [0.717, 1.165) is 18.6 Å². The summed E-state index contributed by atoms with van der Waals surface area (Å²) in [6.45, 7) is 1.70. The molecule has 9 heteroatoms. The first kappa shape index (κ1) is 22.3. The van der Waals surface area contributed by atoms with Crippen molar-refractivity contribution in [2.45, 2.75) is 38.6 Å². The van der Waals surface area contributed by atoms with E-state index in [4.69, 9.17) is 0 Å². The molecule has 1 aliphatic carbocycles. The van der Waals surface area contributed by atoms with Crippen molar-refractivity contribution in [2.24, 2.45) is 5.92 Å². The molecule has 3 aromatic rings. The van der Waals surface area contributed by atoms with Gasteiger partial charge in [-0.1, -0.05) is 18.9 Å². The number of carbonyl (C=O) groups is 1. The molecule has 1 amide bonds. The van der Waals surface area contributed by atoms with Crippen molar-refractivity contribution in [3.05, 3.63) is 80.3 Å². The Morgan fingerprint density at radius 2 is 1.77 bits per heavy atom. The standard InChI is InChI=1S/C14H17F2NO.C8H5FN2O2.2H2/c1-9(12-6-5-11(15)8-13(12)16)17-14(18)7-4-10-2-3-10;9-4-1-2-6-5(3-4)7(12)11-8(13)10-6;;/h5-6,8-10H,2-4,7H2,1H3,(H,17,18);1-3H,(H2,10,11,12,13);2*1H/t9-;;;/m1.../s1. The Morgan fingerprint density at radius 1 is 1.10 bits per heavy atom. The molecule has 4 rings (SSSR count). The topological polar surface area (TPSA) is 94.8 Å². The monoisotopic (exact) mass is 437 g/mol. The van der Waals surface area contributed by atoms with Crippen LogP contribution < -0.4 is 16.6 Å². The Hall–Kier alpha value is -3.36. The summed E-state index contributed by atoms with van der Waals surface area (Å²) in [5, 5.41) is 2.88. The van der Waals surface area contributed by atoms with Crippen LogP contribution in [0.15, 0.2) is 46.0 Å². The normalized spacial score (nSPS) is 13.9. The molecule has 6 nitrogen and oxygen atoms in total. The number of rotatable bonds is 5. The molecule has 0 bridgehead atoms. The molecule has 2 aromatic carbocycles. The van der Waals surface area contributed by atoms with Crippen LogP contribution in [0.25, 0.3) is 10.9 Å². The van der Waals surface area contributed by atoms with Gasteiger partial charge in [-0.2, -0.15) is 0 Å². The van der Waals surface area contributed by atoms with Crippen molar-refractivity contribution in [1.82, 2.24) is 15.3 Å². The average molecular weight is 437 g/mol. The van der Waals surface area contributed by atoms with Crippen LogP contribution in [-0.2, 0) is 4.79 Å². The van der Waals surface area contributed by atoms with Crippen molar-refractivity contribution in [3.63, 3.8) is 0 Å². The molecular formula is C22H26F3N3O3. The number of hydrogen-bond acceptors (Lipinski definition) is 3. The second kappa shape index (κ2) is 9.63. The van der Waals surface area contributed by atoms with E-state index < -0.39 is 34.7 Å². The lowest BCUT2D eigenvalue weighted by molar-refractivity contribution is -0.121. The summed E-state index contributed by atoms with van der Waals surface area (Å²) in [7, 11) is 0. The number of hydrogen-bond donors (Lipinski definition) is 3. The zero-order chi connectivity index (χ0) is 22.5. The molecule has 0 saturated heterocycles. The molecule has 0 unspecified atom stereocenters. The minimum absolute atomic E-state index is 0. The fourth-order valence-corrected chi connectivity index (χ4v) is 3.12. The van der Waals surface area contributed by atoms with E-state index in [1.54, 1.807) is 6.92 Å². The van der Waals surface area contributed by atoms with Gasteiger partial charge < -0.3 is 10.3 Å². The molecule has 1 saturated carbocycles. The lowest BCUT2D eigenvalue weighted by Crippen LogP contribution is -2.27. The first-order chi connectivity index (χ1) is 14.7. The van der Waals surface area contributed by atoms with Crippen LogP contribution in [0.4, 0.5) is 13.2 Å². The van der Waals surface area contributed by atoms with Gasteiger partial charge in [-0.3, -0.25) is 14.6 Å². The van der Waals surface area contributed by atoms with Crippen LogP contribution in [0, 0.1) is 23.4 Å². The lowest BCUT2D eigenvalue weighted by Gasteiger charge is -2.15. The number of benzene rings is 2. The van der Waals surface area contributed by atoms with E-state index in [0.29, 0.717) is 23.4 Å². The predicted octanol–water partition coefficient (Wildman–Crippen LogP) is 4.18. The van der Waals surface area contributed by atoms with Gasteiger partial charge in [0.1, 0.15) is 17.5 Å². The first-order valence-corrected chi connectivity index (χ1v) is 9.89. The van der Waals surface area contributed by atoms with Crippen LogP contribution in [0.3, 0.4) is 0 Å². The number of aromatic nitrogens is 2. The Labute approximate surface area is 178 Å². The summed E-state index contributed by atoms with van der Waals surface area (Å²) in [5.74, 6) is -1.11. The summed E-state index contributed by atoms with van der Waals surface area (Å²) in [6.07, 6.45) is 3.83. The second-order valence-electron chi connectivity index (χ2n) is 7.54. The Kier molecular flexibility index (Phi) is 6.94. The van der Waals surface area contributed by atoms with Crippen molar-refractivity contribution in [3.8, 4) is 0 Å². The number of H-pyrrole nitrogens is 2. The molecule has 1 aromatic heterocycles. The summed E-state index contributed by atoms with van der Waals surface area (Å²) in [5.41, 5.74) is -0.534. The largest absolute Gasteiger partial charge is 0.349 e. The third kappa shape index (κ3) is 6.31. The van der Waals surface area contributed by atoms with E-state index in [9.17, 15) is 27.6 Å². The van der Waals surface area contributed by atoms with Crippen LogP contribution in [0.1, 0.15) is 47.1 Å². The molecule has 1 fully saturated rings. The van der Waals surface area contributed by atoms with Gasteiger partial charge in [0.15, 0.2) is 0 Å². The molecule has 3 N–H and O–H groups in total. The van der Waals surface area contributed by atoms with Crippen LogP contribution in [-0.4, -0.2) is 15.9 Å². The summed E-state index contributed by atoms with van der Waals surface area (Å²) >= 11 is 0. The van der Waals surface area contributed by atoms with Crippen molar-refractivity contribution in [2.75, 3.05) is 0 Å². The molecule has 0 aliphatic heterocycles. The molecule has 1 atom stereocenters. The van der Waals surface area contributed by atoms with Gasteiger partial charge in [0.2, 0.25) is 5.91 Å². The number of nitrogens with one attached hydrogen (secondary N) is 3.